The quantitative estimate of drug-likeness (QED) is 0.447. The highest BCUT2D eigenvalue weighted by Gasteiger charge is 2.11. The Morgan fingerprint density at radius 1 is 1.00 bits per heavy atom. The van der Waals surface area contributed by atoms with Gasteiger partial charge in [0.1, 0.15) is 12.0 Å². The molecule has 0 saturated carbocycles. The van der Waals surface area contributed by atoms with Crippen LogP contribution in [0.5, 0.6) is 0 Å². The van der Waals surface area contributed by atoms with E-state index < -0.39 is 0 Å². The Kier molecular flexibility index (Phi) is 4.98. The molecule has 3 heterocycles. The minimum Gasteiger partial charge on any atom is -0.348 e. The second kappa shape index (κ2) is 8.23. The van der Waals surface area contributed by atoms with Crippen molar-refractivity contribution in [2.45, 2.75) is 13.1 Å². The highest BCUT2D eigenvalue weighted by Crippen LogP contribution is 2.24. The van der Waals surface area contributed by atoms with Gasteiger partial charge >= 0.3 is 0 Å². The summed E-state index contributed by atoms with van der Waals surface area (Å²) in [5.41, 5.74) is 5.25. The van der Waals surface area contributed by atoms with Gasteiger partial charge in [0.05, 0.1) is 18.4 Å². The molecule has 0 spiro atoms. The van der Waals surface area contributed by atoms with E-state index in [4.69, 9.17) is 0 Å². The van der Waals surface area contributed by atoms with E-state index in [2.05, 4.69) is 25.4 Å². The number of aromatic amines is 1. The van der Waals surface area contributed by atoms with Crippen LogP contribution in [0.15, 0.2) is 85.6 Å². The molecule has 31 heavy (non-hydrogen) atoms. The topological polar surface area (TPSA) is 88.5 Å². The number of carbonyl (C=O) groups is 1. The van der Waals surface area contributed by atoms with Crippen LogP contribution in [0, 0.1) is 0 Å². The van der Waals surface area contributed by atoms with Gasteiger partial charge in [-0.15, -0.1) is 0 Å². The molecule has 2 N–H and O–H groups in total. The van der Waals surface area contributed by atoms with Crippen molar-refractivity contribution in [3.8, 4) is 11.3 Å². The summed E-state index contributed by atoms with van der Waals surface area (Å²) in [6.07, 6.45) is 7.15. The van der Waals surface area contributed by atoms with E-state index in [9.17, 15) is 4.79 Å². The maximum Gasteiger partial charge on any atom is 0.251 e. The molecular formula is C24H20N6O. The lowest BCUT2D eigenvalue weighted by Crippen LogP contribution is -2.22. The van der Waals surface area contributed by atoms with Crippen molar-refractivity contribution in [3.63, 3.8) is 0 Å². The van der Waals surface area contributed by atoms with Crippen LogP contribution in [0.2, 0.25) is 0 Å². The van der Waals surface area contributed by atoms with Gasteiger partial charge in [0.25, 0.3) is 5.91 Å². The van der Waals surface area contributed by atoms with Crippen LogP contribution in [0.3, 0.4) is 0 Å². The van der Waals surface area contributed by atoms with Gasteiger partial charge in [0.2, 0.25) is 0 Å². The Labute approximate surface area is 178 Å². The first-order chi connectivity index (χ1) is 15.3. The monoisotopic (exact) mass is 408 g/mol. The SMILES string of the molecule is O=C(NCc1ccccc1)c1cccc(Cn2cc(-c3ncnc4[nH]ccc34)cn2)c1. The van der Waals surface area contributed by atoms with Crippen molar-refractivity contribution in [1.29, 1.82) is 0 Å². The molecule has 7 heteroatoms. The summed E-state index contributed by atoms with van der Waals surface area (Å²) in [6.45, 7) is 1.06. The summed E-state index contributed by atoms with van der Waals surface area (Å²) in [5.74, 6) is -0.0947. The zero-order chi connectivity index (χ0) is 21.0. The molecule has 0 saturated heterocycles. The molecule has 2 aromatic carbocycles. The molecule has 0 unspecified atom stereocenters. The van der Waals surface area contributed by atoms with Gasteiger partial charge in [-0.2, -0.15) is 5.10 Å². The number of amides is 1. The second-order valence-corrected chi connectivity index (χ2v) is 7.26. The molecular weight excluding hydrogens is 388 g/mol. The zero-order valence-electron chi connectivity index (χ0n) is 16.7. The Hall–Kier alpha value is -4.26. The fraction of sp³-hybridized carbons (Fsp3) is 0.0833. The Morgan fingerprint density at radius 2 is 1.87 bits per heavy atom. The van der Waals surface area contributed by atoms with Crippen LogP contribution in [0.4, 0.5) is 0 Å². The van der Waals surface area contributed by atoms with Crippen molar-refractivity contribution < 1.29 is 4.79 Å². The van der Waals surface area contributed by atoms with E-state index in [1.165, 1.54) is 0 Å². The summed E-state index contributed by atoms with van der Waals surface area (Å²) < 4.78 is 1.84. The molecule has 0 aliphatic carbocycles. The van der Waals surface area contributed by atoms with E-state index in [1.807, 2.05) is 77.7 Å². The Balaban J connectivity index is 1.30. The normalized spacial score (nSPS) is 11.0. The van der Waals surface area contributed by atoms with Crippen LogP contribution >= 0.6 is 0 Å². The van der Waals surface area contributed by atoms with Gasteiger partial charge in [0, 0.05) is 35.5 Å². The van der Waals surface area contributed by atoms with Crippen molar-refractivity contribution in [1.82, 2.24) is 30.0 Å². The number of hydrogen-bond donors (Lipinski definition) is 2. The number of fused-ring (bicyclic) bond motifs is 1. The van der Waals surface area contributed by atoms with Crippen molar-refractivity contribution >= 4 is 16.9 Å². The number of rotatable bonds is 6. The smallest absolute Gasteiger partial charge is 0.251 e. The minimum absolute atomic E-state index is 0.0947. The molecule has 1 amide bonds. The molecule has 0 aliphatic rings. The van der Waals surface area contributed by atoms with Crippen molar-refractivity contribution in [2.24, 2.45) is 0 Å². The van der Waals surface area contributed by atoms with E-state index in [0.29, 0.717) is 18.7 Å². The Bertz CT molecular complexity index is 1340. The van der Waals surface area contributed by atoms with Crippen LogP contribution in [0.25, 0.3) is 22.3 Å². The Morgan fingerprint density at radius 3 is 2.77 bits per heavy atom. The number of nitrogens with zero attached hydrogens (tertiary/aromatic N) is 4. The molecule has 7 nitrogen and oxygen atoms in total. The number of H-pyrrole nitrogens is 1. The van der Waals surface area contributed by atoms with Crippen LogP contribution < -0.4 is 5.32 Å². The number of aromatic nitrogens is 5. The van der Waals surface area contributed by atoms with Crippen LogP contribution in [0.1, 0.15) is 21.5 Å². The molecule has 0 atom stereocenters. The third-order valence-electron chi connectivity index (χ3n) is 5.09. The molecule has 0 fully saturated rings. The van der Waals surface area contributed by atoms with Gasteiger partial charge < -0.3 is 10.3 Å². The van der Waals surface area contributed by atoms with E-state index in [1.54, 1.807) is 12.5 Å². The lowest BCUT2D eigenvalue weighted by atomic mass is 10.1. The first kappa shape index (κ1) is 18.7. The average molecular weight is 408 g/mol. The van der Waals surface area contributed by atoms with Gasteiger partial charge in [0.15, 0.2) is 0 Å². The number of nitrogens with one attached hydrogen (secondary N) is 2. The molecule has 0 bridgehead atoms. The third kappa shape index (κ3) is 4.06. The highest BCUT2D eigenvalue weighted by atomic mass is 16.1. The molecule has 5 aromatic rings. The maximum atomic E-state index is 12.6. The summed E-state index contributed by atoms with van der Waals surface area (Å²) >= 11 is 0. The van der Waals surface area contributed by atoms with Gasteiger partial charge in [-0.1, -0.05) is 42.5 Å². The zero-order valence-corrected chi connectivity index (χ0v) is 16.7. The molecule has 152 valence electrons. The van der Waals surface area contributed by atoms with Crippen molar-refractivity contribution in [3.05, 3.63) is 102 Å². The van der Waals surface area contributed by atoms with Crippen molar-refractivity contribution in [2.75, 3.05) is 0 Å². The van der Waals surface area contributed by atoms with E-state index in [-0.39, 0.29) is 5.91 Å². The van der Waals surface area contributed by atoms with Crippen LogP contribution in [-0.4, -0.2) is 30.6 Å². The third-order valence-corrected chi connectivity index (χ3v) is 5.09. The maximum absolute atomic E-state index is 12.6. The molecule has 0 radical (unpaired) electrons. The predicted molar refractivity (Wildman–Crippen MR) is 118 cm³/mol. The van der Waals surface area contributed by atoms with Gasteiger partial charge in [-0.25, -0.2) is 9.97 Å². The lowest BCUT2D eigenvalue weighted by molar-refractivity contribution is 0.0951. The second-order valence-electron chi connectivity index (χ2n) is 7.26. The largest absolute Gasteiger partial charge is 0.348 e. The molecule has 3 aromatic heterocycles. The summed E-state index contributed by atoms with van der Waals surface area (Å²) in [5, 5.41) is 8.40. The number of hydrogen-bond acceptors (Lipinski definition) is 4. The average Bonchev–Trinajstić information content (AvgIpc) is 3.48. The predicted octanol–water partition coefficient (Wildman–Crippen LogP) is 3.80. The fourth-order valence-corrected chi connectivity index (χ4v) is 3.55. The van der Waals surface area contributed by atoms with E-state index in [0.717, 1.165) is 33.4 Å². The van der Waals surface area contributed by atoms with Gasteiger partial charge in [-0.3, -0.25) is 9.48 Å². The lowest BCUT2D eigenvalue weighted by Gasteiger charge is -2.08. The minimum atomic E-state index is -0.0947. The van der Waals surface area contributed by atoms with E-state index >= 15 is 0 Å². The summed E-state index contributed by atoms with van der Waals surface area (Å²) in [6, 6.07) is 19.4. The van der Waals surface area contributed by atoms with Gasteiger partial charge in [-0.05, 0) is 29.3 Å². The number of benzene rings is 2. The molecule has 5 rings (SSSR count). The standard InChI is InChI=1S/C24H20N6O/c31-24(26-12-17-5-2-1-3-6-17)19-8-4-7-18(11-19)14-30-15-20(13-29-30)22-21-9-10-25-23(21)28-16-27-22/h1-11,13,15-16H,12,14H2,(H,26,31)(H,25,27,28). The summed E-state index contributed by atoms with van der Waals surface area (Å²) in [4.78, 5) is 24.3. The highest BCUT2D eigenvalue weighted by molar-refractivity contribution is 5.94. The van der Waals surface area contributed by atoms with Crippen LogP contribution in [-0.2, 0) is 13.1 Å². The fourth-order valence-electron chi connectivity index (χ4n) is 3.55. The molecule has 0 aliphatic heterocycles. The number of carbonyl (C=O) groups excluding carboxylic acids is 1. The first-order valence-electron chi connectivity index (χ1n) is 9.98. The first-order valence-corrected chi connectivity index (χ1v) is 9.98. The summed E-state index contributed by atoms with van der Waals surface area (Å²) in [7, 11) is 0.